The van der Waals surface area contributed by atoms with Gasteiger partial charge in [-0.05, 0) is 50.8 Å². The topological polar surface area (TPSA) is 15.3 Å². The number of aryl methyl sites for hydroxylation is 1. The van der Waals surface area contributed by atoms with Crippen LogP contribution in [0.3, 0.4) is 0 Å². The first-order valence-electron chi connectivity index (χ1n) is 8.19. The molecule has 0 amide bonds. The standard InChI is InChI=1S/C18H30N2/c1-5-15-7-9-16(10-8-15)18(6-2)19-13-14(3)20(4)17-11-12-17/h7-10,14,17-19H,5-6,11-13H2,1-4H3. The summed E-state index contributed by atoms with van der Waals surface area (Å²) in [6.45, 7) is 7.87. The maximum absolute atomic E-state index is 3.74. The quantitative estimate of drug-likeness (QED) is 0.776. The van der Waals surface area contributed by atoms with Crippen LogP contribution < -0.4 is 5.32 Å². The molecule has 0 spiro atoms. The molecule has 0 heterocycles. The van der Waals surface area contributed by atoms with Crippen LogP contribution in [0.4, 0.5) is 0 Å². The van der Waals surface area contributed by atoms with Gasteiger partial charge in [-0.2, -0.15) is 0 Å². The summed E-state index contributed by atoms with van der Waals surface area (Å²) in [4.78, 5) is 2.53. The van der Waals surface area contributed by atoms with E-state index in [1.54, 1.807) is 0 Å². The predicted octanol–water partition coefficient (Wildman–Crippen LogP) is 3.77. The SMILES string of the molecule is CCc1ccc(C(CC)NCC(C)N(C)C2CC2)cc1. The molecule has 0 bridgehead atoms. The number of likely N-dealkylation sites (N-methyl/N-ethyl adjacent to an activating group) is 1. The fourth-order valence-electron chi connectivity index (χ4n) is 2.78. The average molecular weight is 274 g/mol. The number of hydrogen-bond acceptors (Lipinski definition) is 2. The molecule has 112 valence electrons. The van der Waals surface area contributed by atoms with Gasteiger partial charge >= 0.3 is 0 Å². The lowest BCUT2D eigenvalue weighted by atomic mass is 10.0. The zero-order chi connectivity index (χ0) is 14.5. The highest BCUT2D eigenvalue weighted by atomic mass is 15.2. The molecular formula is C18H30N2. The van der Waals surface area contributed by atoms with E-state index in [1.165, 1.54) is 24.0 Å². The molecule has 2 nitrogen and oxygen atoms in total. The predicted molar refractivity (Wildman–Crippen MR) is 87.1 cm³/mol. The molecule has 2 atom stereocenters. The van der Waals surface area contributed by atoms with Crippen molar-refractivity contribution < 1.29 is 0 Å². The van der Waals surface area contributed by atoms with Crippen LogP contribution in [0.2, 0.25) is 0 Å². The summed E-state index contributed by atoms with van der Waals surface area (Å²) in [5.41, 5.74) is 2.84. The van der Waals surface area contributed by atoms with E-state index in [9.17, 15) is 0 Å². The van der Waals surface area contributed by atoms with Gasteiger partial charge in [0.15, 0.2) is 0 Å². The van der Waals surface area contributed by atoms with Crippen LogP contribution in [-0.4, -0.2) is 30.6 Å². The van der Waals surface area contributed by atoms with E-state index < -0.39 is 0 Å². The van der Waals surface area contributed by atoms with Gasteiger partial charge in [0.05, 0.1) is 0 Å². The van der Waals surface area contributed by atoms with Crippen molar-refractivity contribution in [3.63, 3.8) is 0 Å². The number of nitrogens with zero attached hydrogens (tertiary/aromatic N) is 1. The Bertz CT molecular complexity index is 394. The number of hydrogen-bond donors (Lipinski definition) is 1. The van der Waals surface area contributed by atoms with Crippen molar-refractivity contribution in [2.45, 2.75) is 64.6 Å². The molecule has 2 rings (SSSR count). The highest BCUT2D eigenvalue weighted by Crippen LogP contribution is 2.27. The van der Waals surface area contributed by atoms with Gasteiger partial charge < -0.3 is 5.32 Å². The van der Waals surface area contributed by atoms with Crippen LogP contribution >= 0.6 is 0 Å². The lowest BCUT2D eigenvalue weighted by Gasteiger charge is -2.27. The van der Waals surface area contributed by atoms with Crippen molar-refractivity contribution in [1.29, 1.82) is 0 Å². The molecular weight excluding hydrogens is 244 g/mol. The van der Waals surface area contributed by atoms with Crippen molar-refractivity contribution in [2.75, 3.05) is 13.6 Å². The summed E-state index contributed by atoms with van der Waals surface area (Å²) in [5.74, 6) is 0. The molecule has 0 radical (unpaired) electrons. The molecule has 0 saturated heterocycles. The summed E-state index contributed by atoms with van der Waals surface area (Å²) in [6, 6.07) is 11.0. The van der Waals surface area contributed by atoms with E-state index in [2.05, 4.69) is 62.3 Å². The Morgan fingerprint density at radius 1 is 1.20 bits per heavy atom. The summed E-state index contributed by atoms with van der Waals surface area (Å²) < 4.78 is 0. The largest absolute Gasteiger partial charge is 0.308 e. The third-order valence-electron chi connectivity index (χ3n) is 4.68. The minimum Gasteiger partial charge on any atom is -0.308 e. The van der Waals surface area contributed by atoms with Crippen molar-refractivity contribution in [3.8, 4) is 0 Å². The maximum atomic E-state index is 3.74. The Morgan fingerprint density at radius 2 is 1.85 bits per heavy atom. The van der Waals surface area contributed by atoms with E-state index in [4.69, 9.17) is 0 Å². The molecule has 0 aliphatic heterocycles. The number of rotatable bonds is 8. The van der Waals surface area contributed by atoms with Gasteiger partial charge in [-0.15, -0.1) is 0 Å². The molecule has 1 N–H and O–H groups in total. The summed E-state index contributed by atoms with van der Waals surface area (Å²) in [6.07, 6.45) is 5.03. The van der Waals surface area contributed by atoms with Gasteiger partial charge in [-0.25, -0.2) is 0 Å². The Balaban J connectivity index is 1.87. The van der Waals surface area contributed by atoms with Crippen molar-refractivity contribution in [3.05, 3.63) is 35.4 Å². The highest BCUT2D eigenvalue weighted by Gasteiger charge is 2.29. The number of nitrogens with one attached hydrogen (secondary N) is 1. The monoisotopic (exact) mass is 274 g/mol. The summed E-state index contributed by atoms with van der Waals surface area (Å²) >= 11 is 0. The highest BCUT2D eigenvalue weighted by molar-refractivity contribution is 5.25. The second-order valence-electron chi connectivity index (χ2n) is 6.21. The molecule has 1 aromatic carbocycles. The smallest absolute Gasteiger partial charge is 0.0318 e. The molecule has 2 heteroatoms. The Morgan fingerprint density at radius 3 is 2.35 bits per heavy atom. The zero-order valence-corrected chi connectivity index (χ0v) is 13.5. The third kappa shape index (κ3) is 4.07. The van der Waals surface area contributed by atoms with Crippen LogP contribution in [0.15, 0.2) is 24.3 Å². The molecule has 1 aromatic rings. The minimum absolute atomic E-state index is 0.482. The Hall–Kier alpha value is -0.860. The van der Waals surface area contributed by atoms with Crippen LogP contribution in [0.25, 0.3) is 0 Å². The Kier molecular flexibility index (Phi) is 5.62. The van der Waals surface area contributed by atoms with Crippen LogP contribution in [0.5, 0.6) is 0 Å². The lowest BCUT2D eigenvalue weighted by molar-refractivity contribution is 0.235. The van der Waals surface area contributed by atoms with E-state index in [1.807, 2.05) is 0 Å². The fraction of sp³-hybridized carbons (Fsp3) is 0.667. The van der Waals surface area contributed by atoms with Crippen molar-refractivity contribution >= 4 is 0 Å². The first-order chi connectivity index (χ1) is 9.65. The molecule has 0 aromatic heterocycles. The van der Waals surface area contributed by atoms with Gasteiger partial charge in [-0.3, -0.25) is 4.90 Å². The van der Waals surface area contributed by atoms with Gasteiger partial charge in [0.25, 0.3) is 0 Å². The first-order valence-corrected chi connectivity index (χ1v) is 8.19. The third-order valence-corrected chi connectivity index (χ3v) is 4.68. The van der Waals surface area contributed by atoms with Crippen LogP contribution in [0.1, 0.15) is 57.2 Å². The molecule has 1 aliphatic carbocycles. The molecule has 1 aliphatic rings. The molecule has 1 fully saturated rings. The fourth-order valence-corrected chi connectivity index (χ4v) is 2.78. The summed E-state index contributed by atoms with van der Waals surface area (Å²) in [7, 11) is 2.26. The zero-order valence-electron chi connectivity index (χ0n) is 13.5. The van der Waals surface area contributed by atoms with Crippen molar-refractivity contribution in [1.82, 2.24) is 10.2 Å². The first kappa shape index (κ1) is 15.5. The van der Waals surface area contributed by atoms with Gasteiger partial charge in [0.2, 0.25) is 0 Å². The average Bonchev–Trinajstić information content (AvgIpc) is 3.32. The molecule has 1 saturated carbocycles. The summed E-state index contributed by atoms with van der Waals surface area (Å²) in [5, 5.41) is 3.74. The van der Waals surface area contributed by atoms with E-state index >= 15 is 0 Å². The van der Waals surface area contributed by atoms with Gasteiger partial charge in [0.1, 0.15) is 0 Å². The molecule has 2 unspecified atom stereocenters. The van der Waals surface area contributed by atoms with Crippen LogP contribution in [-0.2, 0) is 6.42 Å². The lowest BCUT2D eigenvalue weighted by Crippen LogP contribution is -2.40. The van der Waals surface area contributed by atoms with E-state index in [0.717, 1.165) is 25.4 Å². The van der Waals surface area contributed by atoms with Crippen molar-refractivity contribution in [2.24, 2.45) is 0 Å². The minimum atomic E-state index is 0.482. The second-order valence-corrected chi connectivity index (χ2v) is 6.21. The van der Waals surface area contributed by atoms with Gasteiger partial charge in [0, 0.05) is 24.7 Å². The maximum Gasteiger partial charge on any atom is 0.0318 e. The van der Waals surface area contributed by atoms with Crippen LogP contribution in [0, 0.1) is 0 Å². The van der Waals surface area contributed by atoms with E-state index in [-0.39, 0.29) is 0 Å². The normalized spacial score (nSPS) is 18.2. The van der Waals surface area contributed by atoms with Gasteiger partial charge in [-0.1, -0.05) is 38.1 Å². The Labute approximate surface area is 124 Å². The number of benzene rings is 1. The second kappa shape index (κ2) is 7.24. The van der Waals surface area contributed by atoms with E-state index in [0.29, 0.717) is 12.1 Å². The molecule has 20 heavy (non-hydrogen) atoms.